The van der Waals surface area contributed by atoms with Crippen LogP contribution in [0.3, 0.4) is 0 Å². The Hall–Kier alpha value is -4.82. The molecule has 3 heterocycles. The van der Waals surface area contributed by atoms with Gasteiger partial charge in [0.05, 0.1) is 42.7 Å². The average molecular weight is 662 g/mol. The van der Waals surface area contributed by atoms with E-state index in [1.54, 1.807) is 33.2 Å². The number of anilines is 3. The Morgan fingerprint density at radius 1 is 1.04 bits per heavy atom. The minimum Gasteiger partial charge on any atom is -0.444 e. The quantitative estimate of drug-likeness (QED) is 0.159. The van der Waals surface area contributed by atoms with Gasteiger partial charge in [-0.25, -0.2) is 14.8 Å². The Morgan fingerprint density at radius 2 is 1.79 bits per heavy atom. The lowest BCUT2D eigenvalue weighted by molar-refractivity contribution is -0.123. The predicted octanol–water partition coefficient (Wildman–Crippen LogP) is 3.28. The van der Waals surface area contributed by atoms with Crippen molar-refractivity contribution >= 4 is 35.1 Å². The standard InChI is InChI=1S/C34H47N9O5/c1-34(2,3)48-33(46)42-25(7-5-4-6-14-35)31(44)38-16-12-23-8-10-24(11-9-23)26-22-39-30(36)29(40-26)32(45)41-27-21-37-15-13-28(27)43-17-19-47-20-18-43/h8-11,13,15,21-22,25H,4-7,12,14,16-20,35H2,1-3H3,(H2,36,39)(H,38,44)(H,41,45)(H,42,46). The number of rotatable bonds is 14. The van der Waals surface area contributed by atoms with E-state index >= 15 is 0 Å². The topological polar surface area (TPSA) is 200 Å². The van der Waals surface area contributed by atoms with Gasteiger partial charge in [0.15, 0.2) is 11.5 Å². The number of unbranched alkanes of at least 4 members (excludes halogenated alkanes) is 2. The van der Waals surface area contributed by atoms with Gasteiger partial charge in [0, 0.05) is 31.4 Å². The van der Waals surface area contributed by atoms with Crippen LogP contribution in [0.1, 0.15) is 62.5 Å². The number of carbonyl (C=O) groups excluding carboxylic acids is 3. The lowest BCUT2D eigenvalue weighted by atomic mass is 10.1. The van der Waals surface area contributed by atoms with Crippen molar-refractivity contribution in [1.29, 1.82) is 0 Å². The maximum atomic E-state index is 13.3. The monoisotopic (exact) mass is 661 g/mol. The maximum Gasteiger partial charge on any atom is 0.408 e. The van der Waals surface area contributed by atoms with E-state index in [4.69, 9.17) is 20.9 Å². The van der Waals surface area contributed by atoms with E-state index in [0.29, 0.717) is 63.6 Å². The van der Waals surface area contributed by atoms with Crippen LogP contribution in [-0.4, -0.2) is 83.9 Å². The highest BCUT2D eigenvalue weighted by Gasteiger charge is 2.24. The highest BCUT2D eigenvalue weighted by atomic mass is 16.6. The summed E-state index contributed by atoms with van der Waals surface area (Å²) in [5.41, 5.74) is 14.6. The third kappa shape index (κ3) is 10.9. The molecule has 0 bridgehead atoms. The summed E-state index contributed by atoms with van der Waals surface area (Å²) in [5, 5.41) is 8.53. The third-order valence-corrected chi connectivity index (χ3v) is 7.58. The van der Waals surface area contributed by atoms with Crippen molar-refractivity contribution in [1.82, 2.24) is 25.6 Å². The summed E-state index contributed by atoms with van der Waals surface area (Å²) in [6.07, 6.45) is 7.70. The fraction of sp³-hybridized carbons (Fsp3) is 0.471. The molecule has 3 aromatic rings. The van der Waals surface area contributed by atoms with Gasteiger partial charge in [-0.3, -0.25) is 14.6 Å². The van der Waals surface area contributed by atoms with Crippen LogP contribution < -0.4 is 32.3 Å². The van der Waals surface area contributed by atoms with Gasteiger partial charge in [0.25, 0.3) is 5.91 Å². The number of ether oxygens (including phenoxy) is 2. The van der Waals surface area contributed by atoms with Crippen molar-refractivity contribution in [3.05, 3.63) is 60.2 Å². The number of morpholine rings is 1. The summed E-state index contributed by atoms with van der Waals surface area (Å²) in [5.74, 6) is -0.744. The van der Waals surface area contributed by atoms with Crippen molar-refractivity contribution in [2.24, 2.45) is 5.73 Å². The first kappa shape index (κ1) is 36.0. The third-order valence-electron chi connectivity index (χ3n) is 7.58. The van der Waals surface area contributed by atoms with E-state index in [0.717, 1.165) is 36.1 Å². The number of nitrogens with one attached hydrogen (secondary N) is 3. The molecule has 14 heteroatoms. The van der Waals surface area contributed by atoms with Crippen molar-refractivity contribution in [3.63, 3.8) is 0 Å². The van der Waals surface area contributed by atoms with Crippen molar-refractivity contribution in [2.45, 2.75) is 64.5 Å². The second-order valence-electron chi connectivity index (χ2n) is 12.5. The smallest absolute Gasteiger partial charge is 0.408 e. The number of aromatic nitrogens is 3. The summed E-state index contributed by atoms with van der Waals surface area (Å²) in [7, 11) is 0. The van der Waals surface area contributed by atoms with Gasteiger partial charge >= 0.3 is 6.09 Å². The molecule has 1 saturated heterocycles. The Morgan fingerprint density at radius 3 is 2.50 bits per heavy atom. The molecule has 4 rings (SSSR count). The summed E-state index contributed by atoms with van der Waals surface area (Å²) in [4.78, 5) is 53.7. The highest BCUT2D eigenvalue weighted by molar-refractivity contribution is 6.07. The molecule has 0 saturated carbocycles. The van der Waals surface area contributed by atoms with Crippen LogP contribution in [0, 0.1) is 0 Å². The van der Waals surface area contributed by atoms with E-state index in [-0.39, 0.29) is 17.4 Å². The molecule has 3 amide bonds. The first-order valence-electron chi connectivity index (χ1n) is 16.3. The molecule has 7 N–H and O–H groups in total. The van der Waals surface area contributed by atoms with Crippen LogP contribution in [-0.2, 0) is 20.7 Å². The number of carbonyl (C=O) groups is 3. The number of amides is 3. The molecule has 1 aliphatic heterocycles. The van der Waals surface area contributed by atoms with Gasteiger partial charge in [0.1, 0.15) is 11.6 Å². The molecule has 1 fully saturated rings. The lowest BCUT2D eigenvalue weighted by Crippen LogP contribution is -2.48. The number of benzene rings is 1. The van der Waals surface area contributed by atoms with Crippen molar-refractivity contribution in [3.8, 4) is 11.3 Å². The van der Waals surface area contributed by atoms with Gasteiger partial charge in [-0.05, 0) is 58.2 Å². The molecule has 258 valence electrons. The summed E-state index contributed by atoms with van der Waals surface area (Å²) in [6, 6.07) is 8.74. The molecule has 0 spiro atoms. The number of nitrogens with zero attached hydrogens (tertiary/aromatic N) is 4. The van der Waals surface area contributed by atoms with Gasteiger partial charge in [-0.15, -0.1) is 0 Å². The zero-order valence-electron chi connectivity index (χ0n) is 28.0. The van der Waals surface area contributed by atoms with Crippen molar-refractivity contribution in [2.75, 3.05) is 55.3 Å². The normalized spacial score (nSPS) is 13.8. The molecule has 1 aliphatic rings. The number of alkyl carbamates (subject to hydrolysis) is 1. The zero-order valence-corrected chi connectivity index (χ0v) is 28.0. The highest BCUT2D eigenvalue weighted by Crippen LogP contribution is 2.27. The van der Waals surface area contributed by atoms with E-state index in [1.165, 1.54) is 6.20 Å². The molecule has 48 heavy (non-hydrogen) atoms. The molecule has 14 nitrogen and oxygen atoms in total. The summed E-state index contributed by atoms with van der Waals surface area (Å²) >= 11 is 0. The molecule has 0 aliphatic carbocycles. The Bertz CT molecular complexity index is 1520. The van der Waals surface area contributed by atoms with E-state index in [1.807, 2.05) is 30.3 Å². The second kappa shape index (κ2) is 17.4. The van der Waals surface area contributed by atoms with Crippen LogP contribution in [0.4, 0.5) is 22.0 Å². The van der Waals surface area contributed by atoms with Crippen LogP contribution in [0.5, 0.6) is 0 Å². The van der Waals surface area contributed by atoms with Gasteiger partial charge in [-0.2, -0.15) is 0 Å². The molecular formula is C34H47N9O5. The number of hydrogen-bond donors (Lipinski definition) is 5. The van der Waals surface area contributed by atoms with Gasteiger partial charge < -0.3 is 41.8 Å². The fourth-order valence-corrected chi connectivity index (χ4v) is 5.13. The first-order valence-corrected chi connectivity index (χ1v) is 16.3. The van der Waals surface area contributed by atoms with Crippen LogP contribution >= 0.6 is 0 Å². The number of pyridine rings is 1. The van der Waals surface area contributed by atoms with Crippen LogP contribution in [0.15, 0.2) is 48.9 Å². The molecule has 1 unspecified atom stereocenters. The molecule has 1 aromatic carbocycles. The fourth-order valence-electron chi connectivity index (χ4n) is 5.13. The SMILES string of the molecule is CC(C)(C)OC(=O)NC(CCCCCN)C(=O)NCCc1ccc(-c2cnc(N)c(C(=O)Nc3cnccc3N3CCOCC3)n2)cc1. The maximum absolute atomic E-state index is 13.3. The lowest BCUT2D eigenvalue weighted by Gasteiger charge is -2.30. The Kier molecular flexibility index (Phi) is 13.0. The second-order valence-corrected chi connectivity index (χ2v) is 12.5. The molecule has 1 atom stereocenters. The first-order chi connectivity index (χ1) is 23.0. The van der Waals surface area contributed by atoms with Gasteiger partial charge in [0.2, 0.25) is 5.91 Å². The van der Waals surface area contributed by atoms with E-state index in [2.05, 4.69) is 35.8 Å². The van der Waals surface area contributed by atoms with Crippen molar-refractivity contribution < 1.29 is 23.9 Å². The van der Waals surface area contributed by atoms with E-state index < -0.39 is 23.6 Å². The van der Waals surface area contributed by atoms with Crippen LogP contribution in [0.2, 0.25) is 0 Å². The van der Waals surface area contributed by atoms with Gasteiger partial charge in [-0.1, -0.05) is 37.1 Å². The largest absolute Gasteiger partial charge is 0.444 e. The summed E-state index contributed by atoms with van der Waals surface area (Å²) in [6.45, 7) is 8.89. The average Bonchev–Trinajstić information content (AvgIpc) is 3.06. The minimum atomic E-state index is -0.709. The number of hydrogen-bond acceptors (Lipinski definition) is 11. The van der Waals surface area contributed by atoms with Crippen LogP contribution in [0.25, 0.3) is 11.3 Å². The van der Waals surface area contributed by atoms with E-state index in [9.17, 15) is 14.4 Å². The molecule has 0 radical (unpaired) electrons. The summed E-state index contributed by atoms with van der Waals surface area (Å²) < 4.78 is 10.8. The molecule has 2 aromatic heterocycles. The number of nitrogens with two attached hydrogens (primary N) is 2. The minimum absolute atomic E-state index is 0.00800. The predicted molar refractivity (Wildman–Crippen MR) is 184 cm³/mol. The zero-order chi connectivity index (χ0) is 34.5. The number of nitrogen functional groups attached to an aromatic ring is 1. The molecular weight excluding hydrogens is 614 g/mol. The Labute approximate surface area is 281 Å². The Balaban J connectivity index is 1.35.